The first-order valence-corrected chi connectivity index (χ1v) is 9.16. The van der Waals surface area contributed by atoms with Crippen molar-refractivity contribution in [2.75, 3.05) is 18.4 Å². The molecule has 128 valence electrons. The zero-order valence-electron chi connectivity index (χ0n) is 13.6. The molecule has 1 aliphatic rings. The molecule has 1 N–H and O–H groups in total. The number of nitrogens with zero attached hydrogens (tertiary/aromatic N) is 3. The van der Waals surface area contributed by atoms with Crippen LogP contribution in [0.4, 0.5) is 10.5 Å². The van der Waals surface area contributed by atoms with Crippen molar-refractivity contribution in [3.63, 3.8) is 0 Å². The highest BCUT2D eigenvalue weighted by atomic mass is 32.1. The number of piperidine rings is 1. The van der Waals surface area contributed by atoms with Gasteiger partial charge in [-0.3, -0.25) is 0 Å². The number of nitrogens with one attached hydrogen (secondary N) is 1. The van der Waals surface area contributed by atoms with Crippen LogP contribution in [-0.2, 0) is 0 Å². The number of anilines is 1. The number of rotatable bonds is 3. The van der Waals surface area contributed by atoms with Crippen LogP contribution in [0.1, 0.15) is 24.7 Å². The minimum absolute atomic E-state index is 0.0801. The molecular weight excluding hydrogens is 336 g/mol. The fraction of sp³-hybridized carbons (Fsp3) is 0.278. The van der Waals surface area contributed by atoms with E-state index in [1.54, 1.807) is 11.3 Å². The maximum atomic E-state index is 12.5. The van der Waals surface area contributed by atoms with Crippen molar-refractivity contribution in [3.05, 3.63) is 53.7 Å². The number of likely N-dealkylation sites (tertiary alicyclic amines) is 1. The van der Waals surface area contributed by atoms with Gasteiger partial charge in [0.05, 0.1) is 10.8 Å². The lowest BCUT2D eigenvalue weighted by molar-refractivity contribution is 0.187. The summed E-state index contributed by atoms with van der Waals surface area (Å²) < 4.78 is 5.84. The highest BCUT2D eigenvalue weighted by Gasteiger charge is 2.28. The number of benzene rings is 1. The Balaban J connectivity index is 1.43. The molecule has 3 aromatic rings. The van der Waals surface area contributed by atoms with Gasteiger partial charge in [-0.05, 0) is 36.4 Å². The Morgan fingerprint density at radius 2 is 2.08 bits per heavy atom. The molecule has 7 heteroatoms. The normalized spacial score (nSPS) is 17.4. The maximum absolute atomic E-state index is 12.5. The Morgan fingerprint density at radius 1 is 1.20 bits per heavy atom. The Bertz CT molecular complexity index is 832. The summed E-state index contributed by atoms with van der Waals surface area (Å²) in [5.74, 6) is 1.24. The van der Waals surface area contributed by atoms with Gasteiger partial charge < -0.3 is 14.6 Å². The van der Waals surface area contributed by atoms with Crippen LogP contribution in [0.15, 0.2) is 52.3 Å². The number of carbonyl (C=O) groups excluding carboxylic acids is 1. The van der Waals surface area contributed by atoms with Crippen molar-refractivity contribution in [2.24, 2.45) is 0 Å². The van der Waals surface area contributed by atoms with E-state index in [0.29, 0.717) is 18.3 Å². The van der Waals surface area contributed by atoms with Gasteiger partial charge in [-0.25, -0.2) is 4.79 Å². The van der Waals surface area contributed by atoms with Crippen LogP contribution in [0.2, 0.25) is 0 Å². The van der Waals surface area contributed by atoms with Crippen LogP contribution in [0.3, 0.4) is 0 Å². The molecule has 0 spiro atoms. The average Bonchev–Trinajstić information content (AvgIpc) is 3.34. The Morgan fingerprint density at radius 3 is 2.88 bits per heavy atom. The van der Waals surface area contributed by atoms with Crippen molar-refractivity contribution >= 4 is 23.1 Å². The molecular formula is C18H18N4O2S. The minimum atomic E-state index is -0.0890. The number of para-hydroxylation sites is 1. The highest BCUT2D eigenvalue weighted by molar-refractivity contribution is 7.13. The van der Waals surface area contributed by atoms with E-state index in [1.165, 1.54) is 0 Å². The van der Waals surface area contributed by atoms with Crippen LogP contribution >= 0.6 is 11.3 Å². The van der Waals surface area contributed by atoms with E-state index < -0.39 is 0 Å². The highest BCUT2D eigenvalue weighted by Crippen LogP contribution is 2.30. The van der Waals surface area contributed by atoms with Crippen molar-refractivity contribution in [3.8, 4) is 10.8 Å². The standard InChI is InChI=1S/C18H18N4O2S/c23-18(19-14-7-2-1-3-8-14)22-10-4-6-13(12-22)16-20-21-17(24-16)15-9-5-11-25-15/h1-3,5,7-9,11,13H,4,6,10,12H2,(H,19,23). The SMILES string of the molecule is O=C(Nc1ccccc1)N1CCCC(c2nnc(-c3cccs3)o2)C1. The molecule has 1 atom stereocenters. The summed E-state index contributed by atoms with van der Waals surface area (Å²) in [5, 5.41) is 13.3. The van der Waals surface area contributed by atoms with Crippen LogP contribution in [-0.4, -0.2) is 34.2 Å². The van der Waals surface area contributed by atoms with Gasteiger partial charge in [0.15, 0.2) is 0 Å². The molecule has 25 heavy (non-hydrogen) atoms. The summed E-state index contributed by atoms with van der Waals surface area (Å²) in [6.45, 7) is 1.33. The monoisotopic (exact) mass is 354 g/mol. The molecule has 0 saturated carbocycles. The second-order valence-electron chi connectivity index (χ2n) is 6.00. The van der Waals surface area contributed by atoms with Gasteiger partial charge in [-0.15, -0.1) is 21.5 Å². The lowest BCUT2D eigenvalue weighted by Crippen LogP contribution is -2.41. The van der Waals surface area contributed by atoms with Gasteiger partial charge in [0.2, 0.25) is 5.89 Å². The third kappa shape index (κ3) is 3.56. The lowest BCUT2D eigenvalue weighted by Gasteiger charge is -2.31. The molecule has 2 aromatic heterocycles. The van der Waals surface area contributed by atoms with E-state index in [4.69, 9.17) is 4.42 Å². The van der Waals surface area contributed by atoms with Crippen LogP contribution < -0.4 is 5.32 Å². The van der Waals surface area contributed by atoms with Crippen LogP contribution in [0.5, 0.6) is 0 Å². The third-order valence-corrected chi connectivity index (χ3v) is 5.11. The van der Waals surface area contributed by atoms with E-state index in [9.17, 15) is 4.79 Å². The average molecular weight is 354 g/mol. The fourth-order valence-electron chi connectivity index (χ4n) is 2.99. The first kappa shape index (κ1) is 15.8. The van der Waals surface area contributed by atoms with Gasteiger partial charge in [0, 0.05) is 18.8 Å². The second kappa shape index (κ2) is 7.06. The predicted molar refractivity (Wildman–Crippen MR) is 96.6 cm³/mol. The summed E-state index contributed by atoms with van der Waals surface area (Å²) in [4.78, 5) is 15.3. The minimum Gasteiger partial charge on any atom is -0.420 e. The van der Waals surface area contributed by atoms with Crippen molar-refractivity contribution in [1.82, 2.24) is 15.1 Å². The first-order chi connectivity index (χ1) is 12.3. The zero-order chi connectivity index (χ0) is 17.1. The van der Waals surface area contributed by atoms with Gasteiger partial charge in [-0.1, -0.05) is 24.3 Å². The predicted octanol–water partition coefficient (Wildman–Crippen LogP) is 4.21. The molecule has 1 saturated heterocycles. The molecule has 0 radical (unpaired) electrons. The molecule has 1 unspecified atom stereocenters. The van der Waals surface area contributed by atoms with Gasteiger partial charge in [-0.2, -0.15) is 0 Å². The maximum Gasteiger partial charge on any atom is 0.321 e. The Labute approximate surface area is 149 Å². The van der Waals surface area contributed by atoms with E-state index in [1.807, 2.05) is 52.7 Å². The molecule has 0 bridgehead atoms. The van der Waals surface area contributed by atoms with E-state index in [2.05, 4.69) is 15.5 Å². The Kier molecular flexibility index (Phi) is 4.47. The second-order valence-corrected chi connectivity index (χ2v) is 6.95. The quantitative estimate of drug-likeness (QED) is 0.765. The molecule has 4 rings (SSSR count). The number of urea groups is 1. The van der Waals surface area contributed by atoms with Crippen LogP contribution in [0.25, 0.3) is 10.8 Å². The summed E-state index contributed by atoms with van der Waals surface area (Å²) in [6.07, 6.45) is 1.87. The number of hydrogen-bond donors (Lipinski definition) is 1. The van der Waals surface area contributed by atoms with Crippen molar-refractivity contribution in [2.45, 2.75) is 18.8 Å². The van der Waals surface area contributed by atoms with Gasteiger partial charge in [0.25, 0.3) is 5.89 Å². The zero-order valence-corrected chi connectivity index (χ0v) is 14.4. The summed E-state index contributed by atoms with van der Waals surface area (Å²) in [6, 6.07) is 13.3. The summed E-state index contributed by atoms with van der Waals surface area (Å²) in [5.41, 5.74) is 0.799. The molecule has 1 aliphatic heterocycles. The van der Waals surface area contributed by atoms with E-state index in [-0.39, 0.29) is 11.9 Å². The number of amides is 2. The van der Waals surface area contributed by atoms with Crippen LogP contribution in [0, 0.1) is 0 Å². The summed E-state index contributed by atoms with van der Waals surface area (Å²) in [7, 11) is 0. The molecule has 0 aliphatic carbocycles. The topological polar surface area (TPSA) is 71.3 Å². The number of thiophene rings is 1. The Hall–Kier alpha value is -2.67. The van der Waals surface area contributed by atoms with E-state index >= 15 is 0 Å². The number of hydrogen-bond acceptors (Lipinski definition) is 5. The first-order valence-electron chi connectivity index (χ1n) is 8.28. The molecule has 6 nitrogen and oxygen atoms in total. The summed E-state index contributed by atoms with van der Waals surface area (Å²) >= 11 is 1.57. The van der Waals surface area contributed by atoms with Crippen molar-refractivity contribution in [1.29, 1.82) is 0 Å². The largest absolute Gasteiger partial charge is 0.420 e. The lowest BCUT2D eigenvalue weighted by atomic mass is 9.98. The van der Waals surface area contributed by atoms with Gasteiger partial charge >= 0.3 is 6.03 Å². The van der Waals surface area contributed by atoms with E-state index in [0.717, 1.165) is 30.0 Å². The fourth-order valence-corrected chi connectivity index (χ4v) is 3.63. The number of carbonyl (C=O) groups is 1. The molecule has 2 amide bonds. The smallest absolute Gasteiger partial charge is 0.321 e. The molecule has 1 fully saturated rings. The third-order valence-electron chi connectivity index (χ3n) is 4.26. The molecule has 1 aromatic carbocycles. The molecule has 3 heterocycles. The number of aromatic nitrogens is 2. The van der Waals surface area contributed by atoms with Crippen molar-refractivity contribution < 1.29 is 9.21 Å². The van der Waals surface area contributed by atoms with Gasteiger partial charge in [0.1, 0.15) is 0 Å².